The fourth-order valence-corrected chi connectivity index (χ4v) is 5.75. The van der Waals surface area contributed by atoms with Gasteiger partial charge in [-0.15, -0.1) is 0 Å². The molecule has 0 saturated heterocycles. The molecule has 0 atom stereocenters. The number of nitrogens with zero attached hydrogens (tertiary/aromatic N) is 3. The number of rotatable bonds is 5. The maximum Gasteiger partial charge on any atom is 0.240 e. The van der Waals surface area contributed by atoms with Crippen LogP contribution in [-0.2, 0) is 11.3 Å². The van der Waals surface area contributed by atoms with Crippen LogP contribution in [-0.4, -0.2) is 21.9 Å². The van der Waals surface area contributed by atoms with Crippen LogP contribution in [0.2, 0.25) is 0 Å². The normalized spacial score (nSPS) is 34.2. The standard InChI is InChI=1S/C18H25FN4O/c1-2-23-17(19)15(11-21-23)10-20-22-16(24)9-18-6-12-3-13(7-18)5-14(4-12)8-18/h10-14H,2-9H2,1H3,(H,22,24)/b20-10-. The average Bonchev–Trinajstić information content (AvgIpc) is 2.86. The van der Waals surface area contributed by atoms with Crippen molar-refractivity contribution in [2.24, 2.45) is 28.3 Å². The summed E-state index contributed by atoms with van der Waals surface area (Å²) in [5, 5.41) is 7.85. The molecular weight excluding hydrogens is 307 g/mol. The first kappa shape index (κ1) is 15.8. The highest BCUT2D eigenvalue weighted by Crippen LogP contribution is 2.61. The minimum atomic E-state index is -0.420. The second kappa shape index (κ2) is 5.97. The van der Waals surface area contributed by atoms with E-state index in [1.165, 1.54) is 55.6 Å². The van der Waals surface area contributed by atoms with Crippen LogP contribution in [0.4, 0.5) is 4.39 Å². The Morgan fingerprint density at radius 1 is 1.38 bits per heavy atom. The molecule has 4 bridgehead atoms. The Balaban J connectivity index is 1.35. The molecule has 1 aromatic heterocycles. The van der Waals surface area contributed by atoms with Gasteiger partial charge in [0.15, 0.2) is 0 Å². The molecule has 5 nitrogen and oxygen atoms in total. The number of hydrazone groups is 1. The predicted octanol–water partition coefficient (Wildman–Crippen LogP) is 3.10. The summed E-state index contributed by atoms with van der Waals surface area (Å²) >= 11 is 0. The van der Waals surface area contributed by atoms with Crippen molar-refractivity contribution in [3.8, 4) is 0 Å². The largest absolute Gasteiger partial charge is 0.273 e. The first-order valence-corrected chi connectivity index (χ1v) is 9.10. The molecule has 4 aliphatic rings. The Morgan fingerprint density at radius 3 is 2.54 bits per heavy atom. The lowest BCUT2D eigenvalue weighted by Crippen LogP contribution is -2.47. The first-order chi connectivity index (χ1) is 11.6. The lowest BCUT2D eigenvalue weighted by atomic mass is 9.49. The zero-order valence-electron chi connectivity index (χ0n) is 14.2. The molecule has 0 unspecified atom stereocenters. The van der Waals surface area contributed by atoms with Crippen molar-refractivity contribution in [3.05, 3.63) is 17.7 Å². The van der Waals surface area contributed by atoms with Gasteiger partial charge in [-0.1, -0.05) is 0 Å². The predicted molar refractivity (Wildman–Crippen MR) is 88.8 cm³/mol. The van der Waals surface area contributed by atoms with Crippen molar-refractivity contribution < 1.29 is 9.18 Å². The van der Waals surface area contributed by atoms with Crippen molar-refractivity contribution >= 4 is 12.1 Å². The molecule has 1 heterocycles. The summed E-state index contributed by atoms with van der Waals surface area (Å²) in [6.07, 6.45) is 11.1. The second-order valence-electron chi connectivity index (χ2n) is 8.09. The zero-order valence-corrected chi connectivity index (χ0v) is 14.2. The average molecular weight is 332 g/mol. The molecule has 0 radical (unpaired) electrons. The van der Waals surface area contributed by atoms with E-state index < -0.39 is 5.95 Å². The number of hydrogen-bond donors (Lipinski definition) is 1. The van der Waals surface area contributed by atoms with E-state index >= 15 is 0 Å². The van der Waals surface area contributed by atoms with Crippen molar-refractivity contribution in [2.45, 2.75) is 58.4 Å². The minimum Gasteiger partial charge on any atom is -0.273 e. The number of carbonyl (C=O) groups excluding carboxylic acids is 1. The van der Waals surface area contributed by atoms with Crippen molar-refractivity contribution in [2.75, 3.05) is 0 Å². The topological polar surface area (TPSA) is 59.3 Å². The Bertz CT molecular complexity index is 631. The number of nitrogens with one attached hydrogen (secondary N) is 1. The van der Waals surface area contributed by atoms with Crippen LogP contribution in [0.3, 0.4) is 0 Å². The van der Waals surface area contributed by atoms with Crippen LogP contribution in [0.5, 0.6) is 0 Å². The van der Waals surface area contributed by atoms with E-state index in [1.54, 1.807) is 0 Å². The Kier molecular flexibility index (Phi) is 3.93. The van der Waals surface area contributed by atoms with Crippen LogP contribution < -0.4 is 5.43 Å². The molecular formula is C18H25FN4O. The van der Waals surface area contributed by atoms with Crippen molar-refractivity contribution in [3.63, 3.8) is 0 Å². The SMILES string of the molecule is CCn1ncc(/C=N\NC(=O)CC23CC4CC(CC(C4)C2)C3)c1F. The van der Waals surface area contributed by atoms with Gasteiger partial charge in [0.25, 0.3) is 0 Å². The highest BCUT2D eigenvalue weighted by molar-refractivity contribution is 5.82. The summed E-state index contributed by atoms with van der Waals surface area (Å²) in [7, 11) is 0. The van der Waals surface area contributed by atoms with Crippen LogP contribution in [0.25, 0.3) is 0 Å². The molecule has 0 aromatic carbocycles. The molecule has 1 aromatic rings. The third-order valence-corrected chi connectivity index (χ3v) is 6.19. The highest BCUT2D eigenvalue weighted by Gasteiger charge is 2.51. The van der Waals surface area contributed by atoms with Gasteiger partial charge in [-0.25, -0.2) is 10.1 Å². The molecule has 4 fully saturated rings. The van der Waals surface area contributed by atoms with Gasteiger partial charge in [-0.3, -0.25) is 4.79 Å². The van der Waals surface area contributed by atoms with E-state index in [-0.39, 0.29) is 11.3 Å². The maximum absolute atomic E-state index is 13.8. The third kappa shape index (κ3) is 2.87. The molecule has 130 valence electrons. The van der Waals surface area contributed by atoms with Gasteiger partial charge < -0.3 is 0 Å². The second-order valence-corrected chi connectivity index (χ2v) is 8.09. The molecule has 4 saturated carbocycles. The molecule has 6 heteroatoms. The maximum atomic E-state index is 13.8. The van der Waals surface area contributed by atoms with Gasteiger partial charge in [-0.2, -0.15) is 14.6 Å². The van der Waals surface area contributed by atoms with Gasteiger partial charge in [-0.05, 0) is 68.6 Å². The van der Waals surface area contributed by atoms with E-state index in [1.807, 2.05) is 6.92 Å². The summed E-state index contributed by atoms with van der Waals surface area (Å²) in [6.45, 7) is 2.29. The fourth-order valence-electron chi connectivity index (χ4n) is 5.75. The van der Waals surface area contributed by atoms with Gasteiger partial charge in [0.05, 0.1) is 18.0 Å². The number of amides is 1. The van der Waals surface area contributed by atoms with E-state index in [0.29, 0.717) is 18.5 Å². The monoisotopic (exact) mass is 332 g/mol. The number of aromatic nitrogens is 2. The van der Waals surface area contributed by atoms with E-state index in [2.05, 4.69) is 15.6 Å². The molecule has 0 aliphatic heterocycles. The summed E-state index contributed by atoms with van der Waals surface area (Å²) < 4.78 is 15.1. The molecule has 24 heavy (non-hydrogen) atoms. The molecule has 4 aliphatic carbocycles. The van der Waals surface area contributed by atoms with E-state index in [4.69, 9.17) is 0 Å². The number of aryl methyl sites for hydroxylation is 1. The van der Waals surface area contributed by atoms with Crippen LogP contribution in [0.1, 0.15) is 57.4 Å². The number of hydrogen-bond acceptors (Lipinski definition) is 3. The van der Waals surface area contributed by atoms with Gasteiger partial charge >= 0.3 is 0 Å². The van der Waals surface area contributed by atoms with Crippen molar-refractivity contribution in [1.29, 1.82) is 0 Å². The van der Waals surface area contributed by atoms with E-state index in [9.17, 15) is 9.18 Å². The molecule has 0 spiro atoms. The fraction of sp³-hybridized carbons (Fsp3) is 0.722. The minimum absolute atomic E-state index is 0.0449. The first-order valence-electron chi connectivity index (χ1n) is 9.10. The summed E-state index contributed by atoms with van der Waals surface area (Å²) in [6, 6.07) is 0. The molecule has 1 amide bonds. The van der Waals surface area contributed by atoms with Crippen LogP contribution in [0.15, 0.2) is 11.3 Å². The lowest BCUT2D eigenvalue weighted by Gasteiger charge is -2.56. The third-order valence-electron chi connectivity index (χ3n) is 6.19. The summed E-state index contributed by atoms with van der Waals surface area (Å²) in [5.41, 5.74) is 3.09. The number of halogens is 1. The van der Waals surface area contributed by atoms with Crippen LogP contribution in [0, 0.1) is 29.1 Å². The smallest absolute Gasteiger partial charge is 0.240 e. The Hall–Kier alpha value is -1.72. The number of carbonyl (C=O) groups is 1. The van der Waals surface area contributed by atoms with Gasteiger partial charge in [0.2, 0.25) is 11.9 Å². The van der Waals surface area contributed by atoms with Crippen LogP contribution >= 0.6 is 0 Å². The molecule has 5 rings (SSSR count). The quantitative estimate of drug-likeness (QED) is 0.665. The van der Waals surface area contributed by atoms with Crippen molar-refractivity contribution in [1.82, 2.24) is 15.2 Å². The highest BCUT2D eigenvalue weighted by atomic mass is 19.1. The van der Waals surface area contributed by atoms with Gasteiger partial charge in [0, 0.05) is 13.0 Å². The van der Waals surface area contributed by atoms with E-state index in [0.717, 1.165) is 17.8 Å². The summed E-state index contributed by atoms with van der Waals surface area (Å²) in [4.78, 5) is 12.3. The summed E-state index contributed by atoms with van der Waals surface area (Å²) in [5.74, 6) is 2.04. The molecule has 1 N–H and O–H groups in total. The lowest BCUT2D eigenvalue weighted by molar-refractivity contribution is -0.129. The Labute approximate surface area is 141 Å². The van der Waals surface area contributed by atoms with Gasteiger partial charge in [0.1, 0.15) is 0 Å². The Morgan fingerprint density at radius 2 is 2.00 bits per heavy atom. The zero-order chi connectivity index (χ0) is 16.7.